The lowest BCUT2D eigenvalue weighted by atomic mass is 10.1. The highest BCUT2D eigenvalue weighted by molar-refractivity contribution is 7.09. The van der Waals surface area contributed by atoms with Gasteiger partial charge in [-0.1, -0.05) is 6.07 Å². The Labute approximate surface area is 119 Å². The van der Waals surface area contributed by atoms with Crippen LogP contribution >= 0.6 is 11.3 Å². The van der Waals surface area contributed by atoms with Gasteiger partial charge in [0, 0.05) is 23.7 Å². The summed E-state index contributed by atoms with van der Waals surface area (Å²) in [6.07, 6.45) is 0. The Kier molecular flexibility index (Phi) is 3.99. The summed E-state index contributed by atoms with van der Waals surface area (Å²) in [5.74, 6) is -0.419. The standard InChI is InChI=1S/C13H13N3O3S/c1-15(8-10-3-2-6-20-10)13(17)11-7-9(14)4-5-12(11)16(18)19/h2-7H,8,14H2,1H3. The van der Waals surface area contributed by atoms with Crippen LogP contribution in [-0.4, -0.2) is 22.8 Å². The number of nitro benzene ring substituents is 1. The Morgan fingerprint density at radius 3 is 2.80 bits per heavy atom. The molecule has 0 aliphatic rings. The number of benzene rings is 1. The number of rotatable bonds is 4. The van der Waals surface area contributed by atoms with Gasteiger partial charge in [-0.15, -0.1) is 11.3 Å². The van der Waals surface area contributed by atoms with Crippen LogP contribution in [0.25, 0.3) is 0 Å². The van der Waals surface area contributed by atoms with Crippen molar-refractivity contribution in [2.75, 3.05) is 12.8 Å². The van der Waals surface area contributed by atoms with Crippen LogP contribution in [0.4, 0.5) is 11.4 Å². The van der Waals surface area contributed by atoms with Gasteiger partial charge in [-0.05, 0) is 23.6 Å². The molecule has 1 amide bonds. The van der Waals surface area contributed by atoms with Crippen LogP contribution in [0.15, 0.2) is 35.7 Å². The second-order valence-corrected chi connectivity index (χ2v) is 5.31. The van der Waals surface area contributed by atoms with Gasteiger partial charge >= 0.3 is 0 Å². The normalized spacial score (nSPS) is 10.2. The summed E-state index contributed by atoms with van der Waals surface area (Å²) in [6, 6.07) is 7.80. The summed E-state index contributed by atoms with van der Waals surface area (Å²) >= 11 is 1.53. The zero-order chi connectivity index (χ0) is 14.7. The molecule has 2 aromatic rings. The van der Waals surface area contributed by atoms with Gasteiger partial charge in [0.15, 0.2) is 0 Å². The Balaban J connectivity index is 2.28. The molecule has 0 aliphatic carbocycles. The number of amides is 1. The molecular formula is C13H13N3O3S. The first-order valence-electron chi connectivity index (χ1n) is 5.81. The lowest BCUT2D eigenvalue weighted by Crippen LogP contribution is -2.26. The highest BCUT2D eigenvalue weighted by Crippen LogP contribution is 2.23. The van der Waals surface area contributed by atoms with Crippen molar-refractivity contribution in [1.29, 1.82) is 0 Å². The number of hydrogen-bond donors (Lipinski definition) is 1. The predicted molar refractivity (Wildman–Crippen MR) is 77.6 cm³/mol. The smallest absolute Gasteiger partial charge is 0.282 e. The molecule has 20 heavy (non-hydrogen) atoms. The number of nitro groups is 1. The van der Waals surface area contributed by atoms with Gasteiger partial charge in [-0.25, -0.2) is 0 Å². The van der Waals surface area contributed by atoms with E-state index in [-0.39, 0.29) is 11.3 Å². The van der Waals surface area contributed by atoms with Crippen molar-refractivity contribution in [3.05, 3.63) is 56.3 Å². The van der Waals surface area contributed by atoms with E-state index in [1.807, 2.05) is 17.5 Å². The van der Waals surface area contributed by atoms with E-state index in [2.05, 4.69) is 0 Å². The zero-order valence-corrected chi connectivity index (χ0v) is 11.6. The first-order valence-corrected chi connectivity index (χ1v) is 6.69. The molecule has 0 spiro atoms. The van der Waals surface area contributed by atoms with Crippen LogP contribution in [0.5, 0.6) is 0 Å². The lowest BCUT2D eigenvalue weighted by molar-refractivity contribution is -0.385. The summed E-state index contributed by atoms with van der Waals surface area (Å²) in [5, 5.41) is 12.9. The average Bonchev–Trinajstić information content (AvgIpc) is 2.90. The van der Waals surface area contributed by atoms with Crippen LogP contribution in [0.3, 0.4) is 0 Å². The Morgan fingerprint density at radius 2 is 2.20 bits per heavy atom. The number of anilines is 1. The Bertz CT molecular complexity index is 640. The van der Waals surface area contributed by atoms with Gasteiger partial charge in [-0.2, -0.15) is 0 Å². The van der Waals surface area contributed by atoms with Crippen molar-refractivity contribution >= 4 is 28.6 Å². The third kappa shape index (κ3) is 2.94. The summed E-state index contributed by atoms with van der Waals surface area (Å²) in [7, 11) is 1.61. The van der Waals surface area contributed by atoms with Crippen LogP contribution in [0.2, 0.25) is 0 Å². The number of nitrogens with zero attached hydrogens (tertiary/aromatic N) is 2. The van der Waals surface area contributed by atoms with E-state index in [9.17, 15) is 14.9 Å². The quantitative estimate of drug-likeness (QED) is 0.532. The van der Waals surface area contributed by atoms with Gasteiger partial charge in [0.2, 0.25) is 0 Å². The maximum absolute atomic E-state index is 12.3. The molecule has 0 fully saturated rings. The van der Waals surface area contributed by atoms with Gasteiger partial charge in [0.25, 0.3) is 11.6 Å². The largest absolute Gasteiger partial charge is 0.399 e. The Morgan fingerprint density at radius 1 is 1.45 bits per heavy atom. The predicted octanol–water partition coefficient (Wildman–Crippen LogP) is 2.51. The molecule has 0 saturated carbocycles. The van der Waals surface area contributed by atoms with Crippen molar-refractivity contribution in [2.45, 2.75) is 6.54 Å². The number of hydrogen-bond acceptors (Lipinski definition) is 5. The summed E-state index contributed by atoms with van der Waals surface area (Å²) in [4.78, 5) is 25.2. The topological polar surface area (TPSA) is 89.5 Å². The summed E-state index contributed by atoms with van der Waals surface area (Å²) in [5.41, 5.74) is 5.71. The fraction of sp³-hybridized carbons (Fsp3) is 0.154. The molecule has 1 aromatic heterocycles. The molecule has 2 rings (SSSR count). The van der Waals surface area contributed by atoms with E-state index < -0.39 is 10.8 Å². The van der Waals surface area contributed by atoms with Crippen LogP contribution < -0.4 is 5.73 Å². The van der Waals surface area contributed by atoms with Crippen LogP contribution in [-0.2, 0) is 6.54 Å². The molecule has 7 heteroatoms. The first kappa shape index (κ1) is 14.0. The minimum atomic E-state index is -0.578. The number of thiophene rings is 1. The van der Waals surface area contributed by atoms with Crippen molar-refractivity contribution in [2.24, 2.45) is 0 Å². The number of nitrogen functional groups attached to an aromatic ring is 1. The molecule has 0 bridgehead atoms. The third-order valence-corrected chi connectivity index (χ3v) is 3.63. The van der Waals surface area contributed by atoms with E-state index in [4.69, 9.17) is 5.73 Å². The molecular weight excluding hydrogens is 278 g/mol. The van der Waals surface area contributed by atoms with Crippen molar-refractivity contribution in [3.63, 3.8) is 0 Å². The van der Waals surface area contributed by atoms with Crippen molar-refractivity contribution in [1.82, 2.24) is 4.90 Å². The average molecular weight is 291 g/mol. The van der Waals surface area contributed by atoms with Crippen molar-refractivity contribution < 1.29 is 9.72 Å². The lowest BCUT2D eigenvalue weighted by Gasteiger charge is -2.16. The van der Waals surface area contributed by atoms with Crippen LogP contribution in [0.1, 0.15) is 15.2 Å². The maximum Gasteiger partial charge on any atom is 0.282 e. The highest BCUT2D eigenvalue weighted by Gasteiger charge is 2.23. The number of carbonyl (C=O) groups is 1. The van der Waals surface area contributed by atoms with Crippen molar-refractivity contribution in [3.8, 4) is 0 Å². The molecule has 0 radical (unpaired) electrons. The van der Waals surface area contributed by atoms with Gasteiger partial charge in [0.05, 0.1) is 11.5 Å². The minimum Gasteiger partial charge on any atom is -0.399 e. The molecule has 0 aliphatic heterocycles. The van der Waals surface area contributed by atoms with E-state index in [1.165, 1.54) is 34.4 Å². The summed E-state index contributed by atoms with van der Waals surface area (Å²) in [6.45, 7) is 0.405. The van der Waals surface area contributed by atoms with E-state index >= 15 is 0 Å². The molecule has 0 atom stereocenters. The van der Waals surface area contributed by atoms with E-state index in [0.717, 1.165) is 4.88 Å². The molecule has 1 heterocycles. The summed E-state index contributed by atoms with van der Waals surface area (Å²) < 4.78 is 0. The second kappa shape index (κ2) is 5.70. The highest BCUT2D eigenvalue weighted by atomic mass is 32.1. The number of nitrogens with two attached hydrogens (primary N) is 1. The second-order valence-electron chi connectivity index (χ2n) is 4.27. The molecule has 2 N–H and O–H groups in total. The Hall–Kier alpha value is -2.41. The van der Waals surface area contributed by atoms with Gasteiger partial charge in [0.1, 0.15) is 5.56 Å². The first-order chi connectivity index (χ1) is 9.49. The molecule has 6 nitrogen and oxygen atoms in total. The zero-order valence-electron chi connectivity index (χ0n) is 10.8. The van der Waals surface area contributed by atoms with E-state index in [1.54, 1.807) is 7.05 Å². The minimum absolute atomic E-state index is 0.00839. The molecule has 0 saturated heterocycles. The van der Waals surface area contributed by atoms with Crippen LogP contribution in [0, 0.1) is 10.1 Å². The molecule has 104 valence electrons. The van der Waals surface area contributed by atoms with Gasteiger partial charge in [-0.3, -0.25) is 14.9 Å². The monoisotopic (exact) mass is 291 g/mol. The maximum atomic E-state index is 12.3. The third-order valence-electron chi connectivity index (χ3n) is 2.77. The SMILES string of the molecule is CN(Cc1cccs1)C(=O)c1cc(N)ccc1[N+](=O)[O-]. The fourth-order valence-corrected chi connectivity index (χ4v) is 2.56. The number of carbonyl (C=O) groups excluding carboxylic acids is 1. The van der Waals surface area contributed by atoms with Gasteiger partial charge < -0.3 is 10.6 Å². The molecule has 1 aromatic carbocycles. The molecule has 0 unspecified atom stereocenters. The fourth-order valence-electron chi connectivity index (χ4n) is 1.80. The van der Waals surface area contributed by atoms with E-state index in [0.29, 0.717) is 12.2 Å².